The van der Waals surface area contributed by atoms with Crippen LogP contribution in [-0.4, -0.2) is 55.7 Å². The highest BCUT2D eigenvalue weighted by Gasteiger charge is 2.21. The highest BCUT2D eigenvalue weighted by Crippen LogP contribution is 2.20. The molecule has 0 bridgehead atoms. The molecule has 0 saturated carbocycles. The molecule has 1 heterocycles. The molecule has 9 heteroatoms. The molecular weight excluding hydrogens is 350 g/mol. The van der Waals surface area contributed by atoms with Gasteiger partial charge < -0.3 is 25.4 Å². The van der Waals surface area contributed by atoms with Crippen LogP contribution in [0.2, 0.25) is 5.02 Å². The van der Waals surface area contributed by atoms with E-state index in [0.29, 0.717) is 36.9 Å². The summed E-state index contributed by atoms with van der Waals surface area (Å²) >= 11 is 5.83. The summed E-state index contributed by atoms with van der Waals surface area (Å²) < 4.78 is 10.2. The van der Waals surface area contributed by atoms with Crippen LogP contribution in [0.4, 0.5) is 4.79 Å². The van der Waals surface area contributed by atoms with Gasteiger partial charge in [-0.05, 0) is 17.7 Å². The number of primary amides is 1. The number of carbonyl (C=O) groups excluding carboxylic acids is 3. The van der Waals surface area contributed by atoms with Crippen LogP contribution in [-0.2, 0) is 19.1 Å². The lowest BCUT2D eigenvalue weighted by Crippen LogP contribution is -2.43. The van der Waals surface area contributed by atoms with Crippen LogP contribution in [0, 0.1) is 0 Å². The van der Waals surface area contributed by atoms with E-state index in [1.54, 1.807) is 29.2 Å². The zero-order chi connectivity index (χ0) is 18.2. The molecule has 1 aromatic rings. The van der Waals surface area contributed by atoms with Crippen LogP contribution in [0.1, 0.15) is 18.0 Å². The number of benzene rings is 1. The standard InChI is InChI=1S/C16H20ClN3O5/c17-12-3-1-11(2-4-12)13(19-16(18)23)9-15(22)25-10-14(21)20-5-7-24-8-6-20/h1-4,13H,5-10H2,(H3,18,19,23)/t13-/m1/s1. The van der Waals surface area contributed by atoms with Gasteiger partial charge in [0, 0.05) is 18.1 Å². The normalized spacial score (nSPS) is 15.3. The predicted octanol–water partition coefficient (Wildman–Crippen LogP) is 0.842. The van der Waals surface area contributed by atoms with E-state index in [1.165, 1.54) is 0 Å². The highest BCUT2D eigenvalue weighted by molar-refractivity contribution is 6.30. The fraction of sp³-hybridized carbons (Fsp3) is 0.438. The van der Waals surface area contributed by atoms with Gasteiger partial charge in [0.15, 0.2) is 6.61 Å². The third-order valence-corrected chi connectivity index (χ3v) is 3.93. The minimum absolute atomic E-state index is 0.152. The van der Waals surface area contributed by atoms with E-state index in [-0.39, 0.29) is 18.9 Å². The molecule has 0 aromatic heterocycles. The molecule has 0 unspecified atom stereocenters. The number of ether oxygens (including phenoxy) is 2. The van der Waals surface area contributed by atoms with Crippen molar-refractivity contribution in [3.05, 3.63) is 34.9 Å². The second-order valence-electron chi connectivity index (χ2n) is 5.47. The molecule has 3 N–H and O–H groups in total. The van der Waals surface area contributed by atoms with E-state index in [0.717, 1.165) is 0 Å². The third kappa shape index (κ3) is 6.24. The molecule has 1 aromatic carbocycles. The van der Waals surface area contributed by atoms with E-state index < -0.39 is 18.0 Å². The lowest BCUT2D eigenvalue weighted by molar-refractivity contribution is -0.154. The average Bonchev–Trinajstić information content (AvgIpc) is 2.60. The SMILES string of the molecule is NC(=O)N[C@H](CC(=O)OCC(=O)N1CCOCC1)c1ccc(Cl)cc1. The van der Waals surface area contributed by atoms with Gasteiger partial charge in [-0.2, -0.15) is 0 Å². The van der Waals surface area contributed by atoms with Crippen LogP contribution in [0.25, 0.3) is 0 Å². The number of carbonyl (C=O) groups is 3. The number of hydrogen-bond donors (Lipinski definition) is 2. The zero-order valence-electron chi connectivity index (χ0n) is 13.6. The average molecular weight is 370 g/mol. The number of amides is 3. The Morgan fingerprint density at radius 3 is 2.48 bits per heavy atom. The summed E-state index contributed by atoms with van der Waals surface area (Å²) in [6.45, 7) is 1.56. The van der Waals surface area contributed by atoms with E-state index >= 15 is 0 Å². The van der Waals surface area contributed by atoms with Crippen molar-refractivity contribution < 1.29 is 23.9 Å². The lowest BCUT2D eigenvalue weighted by atomic mass is 10.0. The van der Waals surface area contributed by atoms with E-state index in [2.05, 4.69) is 5.32 Å². The molecule has 3 amide bonds. The summed E-state index contributed by atoms with van der Waals surface area (Å²) in [6.07, 6.45) is -0.152. The maximum atomic E-state index is 12.0. The fourth-order valence-corrected chi connectivity index (χ4v) is 2.52. The highest BCUT2D eigenvalue weighted by atomic mass is 35.5. The van der Waals surface area contributed by atoms with Crippen LogP contribution in [0.3, 0.4) is 0 Å². The first-order chi connectivity index (χ1) is 12.0. The number of nitrogens with two attached hydrogens (primary N) is 1. The van der Waals surface area contributed by atoms with E-state index in [9.17, 15) is 14.4 Å². The van der Waals surface area contributed by atoms with Crippen LogP contribution < -0.4 is 11.1 Å². The summed E-state index contributed by atoms with van der Waals surface area (Å²) in [7, 11) is 0. The molecule has 1 atom stereocenters. The topological polar surface area (TPSA) is 111 Å². The van der Waals surface area contributed by atoms with Gasteiger partial charge in [-0.15, -0.1) is 0 Å². The Morgan fingerprint density at radius 2 is 1.88 bits per heavy atom. The number of morpholine rings is 1. The molecule has 8 nitrogen and oxygen atoms in total. The second kappa shape index (κ2) is 9.24. The van der Waals surface area contributed by atoms with Gasteiger partial charge in [0.05, 0.1) is 25.7 Å². The van der Waals surface area contributed by atoms with E-state index in [1.807, 2.05) is 0 Å². The Hall–Kier alpha value is -2.32. The third-order valence-electron chi connectivity index (χ3n) is 3.68. The van der Waals surface area contributed by atoms with Crippen molar-refractivity contribution in [2.75, 3.05) is 32.9 Å². The van der Waals surface area contributed by atoms with Gasteiger partial charge in [0.1, 0.15) is 0 Å². The monoisotopic (exact) mass is 369 g/mol. The first-order valence-corrected chi connectivity index (χ1v) is 8.16. The van der Waals surface area contributed by atoms with Crippen molar-refractivity contribution >= 4 is 29.5 Å². The zero-order valence-corrected chi connectivity index (χ0v) is 14.3. The molecule has 0 aliphatic carbocycles. The Balaban J connectivity index is 1.89. The van der Waals surface area contributed by atoms with Crippen molar-refractivity contribution in [1.29, 1.82) is 0 Å². The molecule has 1 aliphatic rings. The maximum absolute atomic E-state index is 12.0. The van der Waals surface area contributed by atoms with Crippen LogP contribution in [0.5, 0.6) is 0 Å². The first-order valence-electron chi connectivity index (χ1n) is 7.78. The largest absolute Gasteiger partial charge is 0.455 e. The molecule has 2 rings (SSSR count). The number of halogens is 1. The second-order valence-corrected chi connectivity index (χ2v) is 5.91. The molecule has 0 spiro atoms. The van der Waals surface area contributed by atoms with Gasteiger partial charge in [-0.25, -0.2) is 4.79 Å². The lowest BCUT2D eigenvalue weighted by Gasteiger charge is -2.26. The summed E-state index contributed by atoms with van der Waals surface area (Å²) in [4.78, 5) is 36.7. The number of esters is 1. The van der Waals surface area contributed by atoms with Gasteiger partial charge in [-0.1, -0.05) is 23.7 Å². The molecule has 0 radical (unpaired) electrons. The minimum Gasteiger partial charge on any atom is -0.455 e. The predicted molar refractivity (Wildman–Crippen MR) is 89.9 cm³/mol. The summed E-state index contributed by atoms with van der Waals surface area (Å²) in [5.41, 5.74) is 5.81. The Labute approximate surface area is 150 Å². The molecule has 1 fully saturated rings. The number of urea groups is 1. The summed E-state index contributed by atoms with van der Waals surface area (Å²) in [6, 6.07) is 5.20. The number of hydrogen-bond acceptors (Lipinski definition) is 5. The quantitative estimate of drug-likeness (QED) is 0.722. The molecule has 1 saturated heterocycles. The van der Waals surface area contributed by atoms with Crippen molar-refractivity contribution in [3.63, 3.8) is 0 Å². The fourth-order valence-electron chi connectivity index (χ4n) is 2.39. The summed E-state index contributed by atoms with van der Waals surface area (Å²) in [5, 5.41) is 3.01. The van der Waals surface area contributed by atoms with Crippen molar-refractivity contribution in [1.82, 2.24) is 10.2 Å². The number of nitrogens with one attached hydrogen (secondary N) is 1. The Bertz CT molecular complexity index is 617. The molecule has 1 aliphatic heterocycles. The molecular formula is C16H20ClN3O5. The van der Waals surface area contributed by atoms with Crippen LogP contribution >= 0.6 is 11.6 Å². The molecule has 136 valence electrons. The van der Waals surface area contributed by atoms with Crippen molar-refractivity contribution in [2.45, 2.75) is 12.5 Å². The van der Waals surface area contributed by atoms with Gasteiger partial charge in [0.2, 0.25) is 0 Å². The van der Waals surface area contributed by atoms with Crippen molar-refractivity contribution in [3.8, 4) is 0 Å². The van der Waals surface area contributed by atoms with Gasteiger partial charge >= 0.3 is 12.0 Å². The Morgan fingerprint density at radius 1 is 1.24 bits per heavy atom. The smallest absolute Gasteiger partial charge is 0.312 e. The summed E-state index contributed by atoms with van der Waals surface area (Å²) in [5.74, 6) is -0.891. The van der Waals surface area contributed by atoms with Crippen molar-refractivity contribution in [2.24, 2.45) is 5.73 Å². The number of nitrogens with zero attached hydrogens (tertiary/aromatic N) is 1. The van der Waals surface area contributed by atoms with Gasteiger partial charge in [0.25, 0.3) is 5.91 Å². The molecule has 25 heavy (non-hydrogen) atoms. The van der Waals surface area contributed by atoms with Crippen LogP contribution in [0.15, 0.2) is 24.3 Å². The Kier molecular flexibility index (Phi) is 7.03. The van der Waals surface area contributed by atoms with E-state index in [4.69, 9.17) is 26.8 Å². The minimum atomic E-state index is -0.767. The number of rotatable bonds is 6. The maximum Gasteiger partial charge on any atom is 0.312 e. The van der Waals surface area contributed by atoms with Gasteiger partial charge in [-0.3, -0.25) is 9.59 Å². The first kappa shape index (κ1) is 19.0.